The Bertz CT molecular complexity index is 1340. The van der Waals surface area contributed by atoms with Crippen LogP contribution in [0.1, 0.15) is 33.2 Å². The van der Waals surface area contributed by atoms with Crippen LogP contribution in [-0.4, -0.2) is 39.9 Å². The van der Waals surface area contributed by atoms with Crippen LogP contribution in [0.5, 0.6) is 5.75 Å². The van der Waals surface area contributed by atoms with Crippen molar-refractivity contribution in [3.8, 4) is 5.75 Å². The van der Waals surface area contributed by atoms with Crippen molar-refractivity contribution < 1.29 is 23.9 Å². The van der Waals surface area contributed by atoms with Crippen LogP contribution in [0.25, 0.3) is 0 Å². The molecule has 1 heterocycles. The number of ether oxygens (including phenoxy) is 2. The van der Waals surface area contributed by atoms with Crippen LogP contribution < -0.4 is 21.7 Å². The summed E-state index contributed by atoms with van der Waals surface area (Å²) in [5.41, 5.74) is 5.26. The molecule has 0 fully saturated rings. The Labute approximate surface area is 194 Å². The van der Waals surface area contributed by atoms with Crippen molar-refractivity contribution in [2.75, 3.05) is 18.9 Å². The number of esters is 1. The minimum Gasteiger partial charge on any atom is -0.482 e. The summed E-state index contributed by atoms with van der Waals surface area (Å²) in [4.78, 5) is 61.1. The number of anilines is 1. The Morgan fingerprint density at radius 1 is 0.941 bits per heavy atom. The predicted molar refractivity (Wildman–Crippen MR) is 123 cm³/mol. The number of Topliss-reactive ketones (excluding diaryl/α,β-unsaturated/α-hetero) is 2. The van der Waals surface area contributed by atoms with Crippen LogP contribution >= 0.6 is 0 Å². The Morgan fingerprint density at radius 2 is 1.59 bits per heavy atom. The van der Waals surface area contributed by atoms with Gasteiger partial charge in [-0.1, -0.05) is 30.3 Å². The molecule has 0 spiro atoms. The second-order valence-corrected chi connectivity index (χ2v) is 7.43. The quantitative estimate of drug-likeness (QED) is 0.367. The Morgan fingerprint density at radius 3 is 2.21 bits per heavy atom. The van der Waals surface area contributed by atoms with Gasteiger partial charge in [0.1, 0.15) is 17.1 Å². The number of ketones is 2. The molecule has 0 saturated heterocycles. The van der Waals surface area contributed by atoms with E-state index >= 15 is 0 Å². The molecule has 1 aromatic heterocycles. The lowest BCUT2D eigenvalue weighted by Gasteiger charge is -2.15. The number of hydrogen-bond donors (Lipinski definition) is 1. The highest BCUT2D eigenvalue weighted by Crippen LogP contribution is 2.13. The van der Waals surface area contributed by atoms with Gasteiger partial charge in [-0.05, 0) is 36.8 Å². The van der Waals surface area contributed by atoms with E-state index in [1.165, 1.54) is 26.1 Å². The van der Waals surface area contributed by atoms with Crippen LogP contribution in [0.2, 0.25) is 0 Å². The molecule has 10 heteroatoms. The largest absolute Gasteiger partial charge is 0.482 e. The highest BCUT2D eigenvalue weighted by atomic mass is 16.6. The van der Waals surface area contributed by atoms with Gasteiger partial charge in [-0.2, -0.15) is 0 Å². The van der Waals surface area contributed by atoms with E-state index in [0.717, 1.165) is 14.7 Å². The summed E-state index contributed by atoms with van der Waals surface area (Å²) in [5, 5.41) is 0. The van der Waals surface area contributed by atoms with E-state index in [1.807, 2.05) is 6.07 Å². The summed E-state index contributed by atoms with van der Waals surface area (Å²) in [7, 11) is 1.24. The smallest absolute Gasteiger partial charge is 0.344 e. The monoisotopic (exact) mass is 465 g/mol. The number of hydrogen-bond acceptors (Lipinski definition) is 8. The zero-order valence-corrected chi connectivity index (χ0v) is 18.6. The van der Waals surface area contributed by atoms with Crippen molar-refractivity contribution in [3.63, 3.8) is 0 Å². The second-order valence-electron chi connectivity index (χ2n) is 7.43. The normalized spacial score (nSPS) is 10.5. The van der Waals surface area contributed by atoms with E-state index in [4.69, 9.17) is 15.2 Å². The zero-order chi connectivity index (χ0) is 24.8. The minimum atomic E-state index is -0.880. The van der Waals surface area contributed by atoms with Gasteiger partial charge in [-0.3, -0.25) is 23.5 Å². The highest BCUT2D eigenvalue weighted by molar-refractivity contribution is 6.01. The molecule has 3 aromatic rings. The third-order valence-electron chi connectivity index (χ3n) is 5.03. The van der Waals surface area contributed by atoms with Crippen molar-refractivity contribution in [2.45, 2.75) is 13.5 Å². The summed E-state index contributed by atoms with van der Waals surface area (Å²) in [6.45, 7) is 0.232. The van der Waals surface area contributed by atoms with Gasteiger partial charge >= 0.3 is 11.7 Å². The van der Waals surface area contributed by atoms with Gasteiger partial charge < -0.3 is 15.2 Å². The molecule has 2 aromatic carbocycles. The number of rotatable bonds is 9. The summed E-state index contributed by atoms with van der Waals surface area (Å²) in [6, 6.07) is 15.1. The molecule has 0 atom stereocenters. The molecule has 176 valence electrons. The SMILES string of the molecule is CC(=O)c1ccc(OCC(=O)OCC(=O)c2c(N)n(Cc3ccccc3)c(=O)n(C)c2=O)cc1. The maximum absolute atomic E-state index is 12.7. The molecule has 0 bridgehead atoms. The molecule has 0 aliphatic carbocycles. The molecular formula is C24H23N3O7. The lowest BCUT2D eigenvalue weighted by molar-refractivity contribution is -0.144. The zero-order valence-electron chi connectivity index (χ0n) is 18.6. The minimum absolute atomic E-state index is 0.0515. The van der Waals surface area contributed by atoms with Gasteiger partial charge in [0.15, 0.2) is 19.0 Å². The van der Waals surface area contributed by atoms with Crippen LogP contribution in [0.4, 0.5) is 5.82 Å². The fourth-order valence-corrected chi connectivity index (χ4v) is 3.15. The molecule has 34 heavy (non-hydrogen) atoms. The molecule has 10 nitrogen and oxygen atoms in total. The van der Waals surface area contributed by atoms with E-state index in [9.17, 15) is 24.0 Å². The standard InChI is InChI=1S/C24H23N3O7/c1-15(28)17-8-10-18(11-9-17)33-14-20(30)34-13-19(29)21-22(25)27(24(32)26(2)23(21)31)12-16-6-4-3-5-7-16/h3-11H,12-14,25H2,1-2H3. The van der Waals surface area contributed by atoms with Crippen LogP contribution in [0.3, 0.4) is 0 Å². The predicted octanol–water partition coefficient (Wildman–Crippen LogP) is 1.18. The molecule has 0 aliphatic rings. The van der Waals surface area contributed by atoms with Crippen LogP contribution in [-0.2, 0) is 23.1 Å². The van der Waals surface area contributed by atoms with E-state index in [1.54, 1.807) is 36.4 Å². The van der Waals surface area contributed by atoms with Crippen molar-refractivity contribution in [1.29, 1.82) is 0 Å². The molecule has 2 N–H and O–H groups in total. The van der Waals surface area contributed by atoms with Gasteiger partial charge in [0.05, 0.1) is 6.54 Å². The van der Waals surface area contributed by atoms with Crippen molar-refractivity contribution in [3.05, 3.63) is 92.1 Å². The average Bonchev–Trinajstić information content (AvgIpc) is 2.83. The molecule has 0 unspecified atom stereocenters. The van der Waals surface area contributed by atoms with Gasteiger partial charge in [-0.25, -0.2) is 9.59 Å². The first-order chi connectivity index (χ1) is 16.2. The van der Waals surface area contributed by atoms with Gasteiger partial charge in [0.25, 0.3) is 5.56 Å². The first-order valence-electron chi connectivity index (χ1n) is 10.2. The fourth-order valence-electron chi connectivity index (χ4n) is 3.15. The lowest BCUT2D eigenvalue weighted by atomic mass is 10.1. The highest BCUT2D eigenvalue weighted by Gasteiger charge is 2.23. The molecule has 3 rings (SSSR count). The van der Waals surface area contributed by atoms with E-state index in [0.29, 0.717) is 11.3 Å². The second kappa shape index (κ2) is 10.4. The topological polar surface area (TPSA) is 140 Å². The average molecular weight is 465 g/mol. The first kappa shape index (κ1) is 24.2. The Hall–Kier alpha value is -4.47. The Balaban J connectivity index is 1.69. The maximum Gasteiger partial charge on any atom is 0.344 e. The molecular weight excluding hydrogens is 442 g/mol. The van der Waals surface area contributed by atoms with Crippen LogP contribution in [0.15, 0.2) is 64.2 Å². The van der Waals surface area contributed by atoms with Gasteiger partial charge in [0.2, 0.25) is 5.78 Å². The number of carbonyl (C=O) groups is 3. The summed E-state index contributed by atoms with van der Waals surface area (Å²) in [6.07, 6.45) is 0. The summed E-state index contributed by atoms with van der Waals surface area (Å²) < 4.78 is 12.1. The number of aromatic nitrogens is 2. The number of benzene rings is 2. The van der Waals surface area contributed by atoms with Crippen molar-refractivity contribution >= 4 is 23.4 Å². The third kappa shape index (κ3) is 5.47. The van der Waals surface area contributed by atoms with Crippen molar-refractivity contribution in [2.24, 2.45) is 7.05 Å². The van der Waals surface area contributed by atoms with E-state index in [-0.39, 0.29) is 18.1 Å². The van der Waals surface area contributed by atoms with Gasteiger partial charge in [0, 0.05) is 12.6 Å². The molecule has 0 aliphatic heterocycles. The molecule has 0 radical (unpaired) electrons. The number of nitrogens with zero attached hydrogens (tertiary/aromatic N) is 2. The van der Waals surface area contributed by atoms with E-state index in [2.05, 4.69) is 0 Å². The maximum atomic E-state index is 12.7. The first-order valence-corrected chi connectivity index (χ1v) is 10.2. The Kier molecular flexibility index (Phi) is 7.42. The lowest BCUT2D eigenvalue weighted by Crippen LogP contribution is -2.43. The van der Waals surface area contributed by atoms with Gasteiger partial charge in [-0.15, -0.1) is 0 Å². The number of nitrogen functional groups attached to an aromatic ring is 1. The summed E-state index contributed by atoms with van der Waals surface area (Å²) in [5.74, 6) is -1.78. The van der Waals surface area contributed by atoms with Crippen molar-refractivity contribution in [1.82, 2.24) is 9.13 Å². The van der Waals surface area contributed by atoms with Crippen LogP contribution in [0, 0.1) is 0 Å². The summed E-state index contributed by atoms with van der Waals surface area (Å²) >= 11 is 0. The number of nitrogens with two attached hydrogens (primary N) is 1. The molecule has 0 saturated carbocycles. The van der Waals surface area contributed by atoms with E-state index < -0.39 is 41.8 Å². The molecule has 0 amide bonds. The number of carbonyl (C=O) groups excluding carboxylic acids is 3. The fraction of sp³-hybridized carbons (Fsp3) is 0.208. The third-order valence-corrected chi connectivity index (χ3v) is 5.03.